The van der Waals surface area contributed by atoms with Crippen molar-refractivity contribution in [2.45, 2.75) is 20.8 Å². The minimum atomic E-state index is -0.202. The van der Waals surface area contributed by atoms with E-state index in [1.807, 2.05) is 43.7 Å². The summed E-state index contributed by atoms with van der Waals surface area (Å²) in [5.74, 6) is -0.209. The molecule has 0 aliphatic rings. The number of benzene rings is 2. The Morgan fingerprint density at radius 3 is 2.07 bits per heavy atom. The van der Waals surface area contributed by atoms with E-state index in [4.69, 9.17) is 0 Å². The number of nitrogens with zero attached hydrogens (tertiary/aromatic N) is 3. The second-order valence-corrected chi connectivity index (χ2v) is 6.44. The summed E-state index contributed by atoms with van der Waals surface area (Å²) in [7, 11) is 0. The quantitative estimate of drug-likeness (QED) is 0.709. The van der Waals surface area contributed by atoms with Gasteiger partial charge in [-0.2, -0.15) is 5.10 Å². The van der Waals surface area contributed by atoms with Crippen molar-refractivity contribution in [1.29, 1.82) is 0 Å². The maximum absolute atomic E-state index is 12.5. The Balaban J connectivity index is 1.68. The van der Waals surface area contributed by atoms with Crippen molar-refractivity contribution in [2.75, 3.05) is 18.4 Å². The van der Waals surface area contributed by atoms with Crippen molar-refractivity contribution in [3.63, 3.8) is 0 Å². The minimum Gasteiger partial charge on any atom is -0.339 e. The highest BCUT2D eigenvalue weighted by molar-refractivity contribution is 6.04. The second kappa shape index (κ2) is 8.52. The Kier molecular flexibility index (Phi) is 5.89. The minimum absolute atomic E-state index is 0.00706. The molecule has 0 saturated heterocycles. The van der Waals surface area contributed by atoms with Gasteiger partial charge in [-0.1, -0.05) is 0 Å². The average Bonchev–Trinajstić information content (AvgIpc) is 3.15. The van der Waals surface area contributed by atoms with Gasteiger partial charge in [0.25, 0.3) is 11.8 Å². The van der Waals surface area contributed by atoms with Gasteiger partial charge in [0.15, 0.2) is 0 Å². The summed E-state index contributed by atoms with van der Waals surface area (Å²) in [6, 6.07) is 16.1. The number of hydrogen-bond acceptors (Lipinski definition) is 3. The van der Waals surface area contributed by atoms with E-state index >= 15 is 0 Å². The van der Waals surface area contributed by atoms with Crippen molar-refractivity contribution in [3.8, 4) is 5.69 Å². The van der Waals surface area contributed by atoms with E-state index < -0.39 is 0 Å². The van der Waals surface area contributed by atoms with Gasteiger partial charge in [-0.3, -0.25) is 9.59 Å². The largest absolute Gasteiger partial charge is 0.339 e. The lowest BCUT2D eigenvalue weighted by Crippen LogP contribution is -2.30. The monoisotopic (exact) mass is 376 g/mol. The molecule has 28 heavy (non-hydrogen) atoms. The van der Waals surface area contributed by atoms with Crippen LogP contribution in [0.4, 0.5) is 5.69 Å². The van der Waals surface area contributed by atoms with Crippen molar-refractivity contribution >= 4 is 17.5 Å². The van der Waals surface area contributed by atoms with Gasteiger partial charge < -0.3 is 10.2 Å². The van der Waals surface area contributed by atoms with Gasteiger partial charge in [-0.15, -0.1) is 0 Å². The molecule has 6 nitrogen and oxygen atoms in total. The topological polar surface area (TPSA) is 67.2 Å². The summed E-state index contributed by atoms with van der Waals surface area (Å²) in [6.07, 6.45) is 1.74. The van der Waals surface area contributed by atoms with E-state index in [9.17, 15) is 9.59 Å². The van der Waals surface area contributed by atoms with Crippen LogP contribution in [0.15, 0.2) is 60.8 Å². The Morgan fingerprint density at radius 1 is 0.929 bits per heavy atom. The van der Waals surface area contributed by atoms with Crippen molar-refractivity contribution < 1.29 is 9.59 Å². The molecule has 3 aromatic rings. The number of rotatable bonds is 6. The third-order valence-corrected chi connectivity index (χ3v) is 4.65. The van der Waals surface area contributed by atoms with Crippen LogP contribution in [0.2, 0.25) is 0 Å². The zero-order chi connectivity index (χ0) is 20.1. The maximum Gasteiger partial charge on any atom is 0.255 e. The van der Waals surface area contributed by atoms with Crippen LogP contribution in [0.3, 0.4) is 0 Å². The van der Waals surface area contributed by atoms with Crippen molar-refractivity contribution in [3.05, 3.63) is 77.6 Å². The Morgan fingerprint density at radius 2 is 1.54 bits per heavy atom. The molecule has 0 aliphatic carbocycles. The SMILES string of the molecule is CCN(CC)C(=O)c1ccc(NC(=O)c2ccc(-n3nccc3C)cc2)cc1. The molecule has 144 valence electrons. The fraction of sp³-hybridized carbons (Fsp3) is 0.227. The van der Waals surface area contributed by atoms with Gasteiger partial charge in [0, 0.05) is 41.8 Å². The fourth-order valence-corrected chi connectivity index (χ4v) is 2.99. The number of carbonyl (C=O) groups excluding carboxylic acids is 2. The molecule has 0 spiro atoms. The molecule has 0 saturated carbocycles. The molecule has 6 heteroatoms. The average molecular weight is 376 g/mol. The van der Waals surface area contributed by atoms with E-state index in [1.165, 1.54) is 0 Å². The van der Waals surface area contributed by atoms with Crippen LogP contribution in [0.1, 0.15) is 40.3 Å². The van der Waals surface area contributed by atoms with E-state index in [0.29, 0.717) is 29.9 Å². The molecule has 0 radical (unpaired) electrons. The smallest absolute Gasteiger partial charge is 0.255 e. The fourth-order valence-electron chi connectivity index (χ4n) is 2.99. The van der Waals surface area contributed by atoms with E-state index in [0.717, 1.165) is 11.4 Å². The van der Waals surface area contributed by atoms with Gasteiger partial charge in [-0.05, 0) is 75.4 Å². The summed E-state index contributed by atoms with van der Waals surface area (Å²) < 4.78 is 1.81. The summed E-state index contributed by atoms with van der Waals surface area (Å²) in [4.78, 5) is 26.6. The second-order valence-electron chi connectivity index (χ2n) is 6.44. The van der Waals surface area contributed by atoms with Gasteiger partial charge >= 0.3 is 0 Å². The lowest BCUT2D eigenvalue weighted by atomic mass is 10.1. The lowest BCUT2D eigenvalue weighted by molar-refractivity contribution is 0.0773. The Labute approximate surface area is 164 Å². The molecular weight excluding hydrogens is 352 g/mol. The van der Waals surface area contributed by atoms with Crippen LogP contribution >= 0.6 is 0 Å². The molecule has 1 aromatic heterocycles. The molecule has 2 aromatic carbocycles. The number of aromatic nitrogens is 2. The zero-order valence-electron chi connectivity index (χ0n) is 16.3. The molecule has 0 unspecified atom stereocenters. The van der Waals surface area contributed by atoms with Crippen LogP contribution in [0, 0.1) is 6.92 Å². The lowest BCUT2D eigenvalue weighted by Gasteiger charge is -2.18. The van der Waals surface area contributed by atoms with Gasteiger partial charge in [0.2, 0.25) is 0 Å². The Bertz CT molecular complexity index is 955. The van der Waals surface area contributed by atoms with Crippen LogP contribution in [-0.4, -0.2) is 39.6 Å². The first-order valence-electron chi connectivity index (χ1n) is 9.35. The molecule has 3 rings (SSSR count). The first kappa shape index (κ1) is 19.4. The van der Waals surface area contributed by atoms with E-state index in [2.05, 4.69) is 10.4 Å². The number of amides is 2. The summed E-state index contributed by atoms with van der Waals surface area (Å²) in [6.45, 7) is 7.22. The first-order chi connectivity index (χ1) is 13.5. The number of nitrogens with one attached hydrogen (secondary N) is 1. The molecule has 0 atom stereocenters. The van der Waals surface area contributed by atoms with Crippen molar-refractivity contribution in [2.24, 2.45) is 0 Å². The molecule has 0 aliphatic heterocycles. The molecular formula is C22H24N4O2. The maximum atomic E-state index is 12.5. The zero-order valence-corrected chi connectivity index (χ0v) is 16.3. The predicted molar refractivity (Wildman–Crippen MR) is 110 cm³/mol. The number of aryl methyl sites for hydroxylation is 1. The molecule has 1 N–H and O–H groups in total. The summed E-state index contributed by atoms with van der Waals surface area (Å²) in [5.41, 5.74) is 3.74. The van der Waals surface area contributed by atoms with Crippen molar-refractivity contribution in [1.82, 2.24) is 14.7 Å². The van der Waals surface area contributed by atoms with Crippen LogP contribution in [0.5, 0.6) is 0 Å². The van der Waals surface area contributed by atoms with E-state index in [1.54, 1.807) is 47.5 Å². The molecule has 2 amide bonds. The summed E-state index contributed by atoms with van der Waals surface area (Å²) >= 11 is 0. The van der Waals surface area contributed by atoms with Gasteiger partial charge in [0.1, 0.15) is 0 Å². The standard InChI is InChI=1S/C22H24N4O2/c1-4-25(5-2)22(28)18-6-10-19(11-7-18)24-21(27)17-8-12-20(13-9-17)26-16(3)14-15-23-26/h6-15H,4-5H2,1-3H3,(H,24,27). The highest BCUT2D eigenvalue weighted by Crippen LogP contribution is 2.15. The first-order valence-corrected chi connectivity index (χ1v) is 9.35. The summed E-state index contributed by atoms with van der Waals surface area (Å²) in [5, 5.41) is 7.12. The van der Waals surface area contributed by atoms with Gasteiger partial charge in [-0.25, -0.2) is 4.68 Å². The third-order valence-electron chi connectivity index (χ3n) is 4.65. The van der Waals surface area contributed by atoms with Crippen LogP contribution in [-0.2, 0) is 0 Å². The van der Waals surface area contributed by atoms with Crippen LogP contribution < -0.4 is 5.32 Å². The van der Waals surface area contributed by atoms with Gasteiger partial charge in [0.05, 0.1) is 5.69 Å². The third kappa shape index (κ3) is 4.11. The molecule has 0 fully saturated rings. The predicted octanol–water partition coefficient (Wildman–Crippen LogP) is 3.92. The van der Waals surface area contributed by atoms with Crippen LogP contribution in [0.25, 0.3) is 5.69 Å². The van der Waals surface area contributed by atoms with E-state index in [-0.39, 0.29) is 11.8 Å². The number of anilines is 1. The number of carbonyl (C=O) groups is 2. The molecule has 0 bridgehead atoms. The highest BCUT2D eigenvalue weighted by atomic mass is 16.2. The normalized spacial score (nSPS) is 10.5. The Hall–Kier alpha value is -3.41. The highest BCUT2D eigenvalue weighted by Gasteiger charge is 2.13. The molecule has 1 heterocycles. The number of hydrogen-bond donors (Lipinski definition) is 1.